The number of benzene rings is 1. The van der Waals surface area contributed by atoms with Crippen LogP contribution in [-0.4, -0.2) is 25.5 Å². The first kappa shape index (κ1) is 11.7. The molecule has 3 nitrogen and oxygen atoms in total. The minimum absolute atomic E-state index is 0.909. The number of hydrogen-bond donors (Lipinski definition) is 1. The lowest BCUT2D eigenvalue weighted by Gasteiger charge is -2.18. The summed E-state index contributed by atoms with van der Waals surface area (Å²) in [5.41, 5.74) is 2.53. The van der Waals surface area contributed by atoms with Gasteiger partial charge in [0.25, 0.3) is 0 Å². The molecule has 0 spiro atoms. The fraction of sp³-hybridized carbons (Fsp3) is 0.286. The summed E-state index contributed by atoms with van der Waals surface area (Å²) in [7, 11) is 4.00. The monoisotopic (exact) mass is 229 g/mol. The fourth-order valence-electron chi connectivity index (χ4n) is 1.82. The lowest BCUT2D eigenvalue weighted by Crippen LogP contribution is -2.15. The second-order valence-corrected chi connectivity index (χ2v) is 4.20. The molecule has 1 aliphatic heterocycles. The number of anilines is 1. The molecule has 0 amide bonds. The standard InChI is InChI=1S/C14H19N3/c1-15-12-13-4-6-14(7-5-13)17-9-3-8-16(2)10-11-17/h3-8,10-11,15H,9,12H2,1-2H3. The van der Waals surface area contributed by atoms with Gasteiger partial charge in [-0.2, -0.15) is 0 Å². The van der Waals surface area contributed by atoms with Crippen molar-refractivity contribution in [1.82, 2.24) is 10.2 Å². The molecule has 0 aliphatic carbocycles. The molecule has 1 aromatic carbocycles. The van der Waals surface area contributed by atoms with E-state index in [1.165, 1.54) is 11.3 Å². The van der Waals surface area contributed by atoms with Gasteiger partial charge in [-0.3, -0.25) is 0 Å². The zero-order valence-electron chi connectivity index (χ0n) is 10.4. The Morgan fingerprint density at radius 3 is 2.59 bits per heavy atom. The smallest absolute Gasteiger partial charge is 0.0423 e. The molecule has 0 aromatic heterocycles. The van der Waals surface area contributed by atoms with Crippen LogP contribution in [0.2, 0.25) is 0 Å². The van der Waals surface area contributed by atoms with Crippen LogP contribution in [0.4, 0.5) is 5.69 Å². The van der Waals surface area contributed by atoms with E-state index in [0.717, 1.165) is 13.1 Å². The highest BCUT2D eigenvalue weighted by atomic mass is 15.2. The van der Waals surface area contributed by atoms with Crippen LogP contribution >= 0.6 is 0 Å². The van der Waals surface area contributed by atoms with Crippen molar-refractivity contribution in [3.8, 4) is 0 Å². The van der Waals surface area contributed by atoms with Gasteiger partial charge >= 0.3 is 0 Å². The van der Waals surface area contributed by atoms with Gasteiger partial charge in [-0.15, -0.1) is 0 Å². The average Bonchev–Trinajstić information content (AvgIpc) is 2.56. The minimum atomic E-state index is 0.909. The third kappa shape index (κ3) is 3.11. The van der Waals surface area contributed by atoms with Crippen LogP contribution in [0, 0.1) is 0 Å². The highest BCUT2D eigenvalue weighted by Crippen LogP contribution is 2.17. The summed E-state index contributed by atoms with van der Waals surface area (Å²) in [5.74, 6) is 0. The molecule has 1 aromatic rings. The van der Waals surface area contributed by atoms with Crippen LogP contribution < -0.4 is 10.2 Å². The van der Waals surface area contributed by atoms with E-state index in [9.17, 15) is 0 Å². The Kier molecular flexibility index (Phi) is 3.83. The van der Waals surface area contributed by atoms with E-state index in [1.807, 2.05) is 14.1 Å². The molecule has 1 N–H and O–H groups in total. The van der Waals surface area contributed by atoms with Crippen molar-refractivity contribution in [2.24, 2.45) is 0 Å². The van der Waals surface area contributed by atoms with Crippen molar-refractivity contribution in [3.05, 3.63) is 54.5 Å². The Balaban J connectivity index is 2.11. The van der Waals surface area contributed by atoms with Gasteiger partial charge in [0.05, 0.1) is 0 Å². The van der Waals surface area contributed by atoms with E-state index in [4.69, 9.17) is 0 Å². The predicted molar refractivity (Wildman–Crippen MR) is 72.6 cm³/mol. The van der Waals surface area contributed by atoms with Gasteiger partial charge in [-0.1, -0.05) is 12.1 Å². The zero-order valence-corrected chi connectivity index (χ0v) is 10.4. The Bertz CT molecular complexity index is 406. The largest absolute Gasteiger partial charge is 0.356 e. The normalized spacial score (nSPS) is 15.2. The summed E-state index contributed by atoms with van der Waals surface area (Å²) in [5, 5.41) is 3.15. The van der Waals surface area contributed by atoms with Crippen molar-refractivity contribution >= 4 is 5.69 Å². The summed E-state index contributed by atoms with van der Waals surface area (Å²) in [6, 6.07) is 8.66. The molecule has 90 valence electrons. The third-order valence-corrected chi connectivity index (χ3v) is 2.77. The topological polar surface area (TPSA) is 18.5 Å². The second kappa shape index (κ2) is 5.55. The second-order valence-electron chi connectivity index (χ2n) is 4.20. The SMILES string of the molecule is CNCc1ccc(N2C=CN(C)C=CC2)cc1. The molecular weight excluding hydrogens is 210 g/mol. The van der Waals surface area contributed by atoms with Crippen molar-refractivity contribution in [3.63, 3.8) is 0 Å². The number of nitrogens with one attached hydrogen (secondary N) is 1. The van der Waals surface area contributed by atoms with E-state index in [0.29, 0.717) is 0 Å². The lowest BCUT2D eigenvalue weighted by molar-refractivity contribution is 0.626. The predicted octanol–water partition coefficient (Wildman–Crippen LogP) is 2.14. The summed E-state index contributed by atoms with van der Waals surface area (Å²) in [4.78, 5) is 4.28. The molecule has 2 rings (SSSR count). The Morgan fingerprint density at radius 2 is 1.88 bits per heavy atom. The van der Waals surface area contributed by atoms with Crippen LogP contribution in [0.15, 0.2) is 48.9 Å². The molecule has 0 unspecified atom stereocenters. The van der Waals surface area contributed by atoms with E-state index in [2.05, 4.69) is 64.1 Å². The first-order chi connectivity index (χ1) is 8.29. The Morgan fingerprint density at radius 1 is 1.12 bits per heavy atom. The van der Waals surface area contributed by atoms with E-state index >= 15 is 0 Å². The summed E-state index contributed by atoms with van der Waals surface area (Å²) in [6.45, 7) is 1.82. The van der Waals surface area contributed by atoms with Gasteiger partial charge in [0.1, 0.15) is 0 Å². The van der Waals surface area contributed by atoms with Crippen molar-refractivity contribution in [2.45, 2.75) is 6.54 Å². The van der Waals surface area contributed by atoms with Crippen molar-refractivity contribution in [1.29, 1.82) is 0 Å². The van der Waals surface area contributed by atoms with Gasteiger partial charge in [-0.05, 0) is 30.8 Å². The molecule has 0 bridgehead atoms. The summed E-state index contributed by atoms with van der Waals surface area (Å²) < 4.78 is 0. The number of hydrogen-bond acceptors (Lipinski definition) is 3. The maximum atomic E-state index is 3.15. The Hall–Kier alpha value is -1.74. The maximum absolute atomic E-state index is 3.15. The molecular formula is C14H19N3. The minimum Gasteiger partial charge on any atom is -0.356 e. The summed E-state index contributed by atoms with van der Waals surface area (Å²) in [6.07, 6.45) is 8.39. The molecule has 0 saturated heterocycles. The van der Waals surface area contributed by atoms with Gasteiger partial charge in [0, 0.05) is 44.4 Å². The van der Waals surface area contributed by atoms with Crippen LogP contribution in [0.5, 0.6) is 0 Å². The van der Waals surface area contributed by atoms with Gasteiger partial charge < -0.3 is 15.1 Å². The number of rotatable bonds is 3. The molecule has 0 fully saturated rings. The van der Waals surface area contributed by atoms with Gasteiger partial charge in [-0.25, -0.2) is 0 Å². The van der Waals surface area contributed by atoms with E-state index in [1.54, 1.807) is 0 Å². The van der Waals surface area contributed by atoms with Crippen molar-refractivity contribution < 1.29 is 0 Å². The third-order valence-electron chi connectivity index (χ3n) is 2.77. The van der Waals surface area contributed by atoms with Crippen molar-refractivity contribution in [2.75, 3.05) is 25.5 Å². The highest BCUT2D eigenvalue weighted by molar-refractivity contribution is 5.51. The average molecular weight is 229 g/mol. The highest BCUT2D eigenvalue weighted by Gasteiger charge is 2.03. The molecule has 1 heterocycles. The number of nitrogens with zero attached hydrogens (tertiary/aromatic N) is 2. The Labute approximate surface area is 103 Å². The fourth-order valence-corrected chi connectivity index (χ4v) is 1.82. The van der Waals surface area contributed by atoms with Crippen LogP contribution in [0.3, 0.4) is 0 Å². The molecule has 1 aliphatic rings. The van der Waals surface area contributed by atoms with Gasteiger partial charge in [0.15, 0.2) is 0 Å². The molecule has 17 heavy (non-hydrogen) atoms. The van der Waals surface area contributed by atoms with Gasteiger partial charge in [0.2, 0.25) is 0 Å². The zero-order chi connectivity index (χ0) is 12.1. The molecule has 0 saturated carbocycles. The molecule has 0 radical (unpaired) electrons. The maximum Gasteiger partial charge on any atom is 0.0423 e. The quantitative estimate of drug-likeness (QED) is 0.856. The van der Waals surface area contributed by atoms with E-state index < -0.39 is 0 Å². The first-order valence-electron chi connectivity index (χ1n) is 5.87. The lowest BCUT2D eigenvalue weighted by atomic mass is 10.2. The first-order valence-corrected chi connectivity index (χ1v) is 5.87. The molecule has 0 atom stereocenters. The van der Waals surface area contributed by atoms with Crippen LogP contribution in [0.25, 0.3) is 0 Å². The van der Waals surface area contributed by atoms with Crippen LogP contribution in [-0.2, 0) is 6.54 Å². The molecule has 3 heteroatoms. The van der Waals surface area contributed by atoms with Crippen LogP contribution in [0.1, 0.15) is 5.56 Å². The van der Waals surface area contributed by atoms with E-state index in [-0.39, 0.29) is 0 Å². The summed E-state index contributed by atoms with van der Waals surface area (Å²) >= 11 is 0.